The highest BCUT2D eigenvalue weighted by Crippen LogP contribution is 2.47. The molecular formula is C21H31N3O2S. The Labute approximate surface area is 165 Å². The molecule has 6 heteroatoms. The van der Waals surface area contributed by atoms with Crippen molar-refractivity contribution in [2.24, 2.45) is 0 Å². The van der Waals surface area contributed by atoms with Gasteiger partial charge in [-0.15, -0.1) is 11.3 Å². The number of thiophene rings is 1. The highest BCUT2D eigenvalue weighted by molar-refractivity contribution is 7.19. The summed E-state index contributed by atoms with van der Waals surface area (Å²) in [5.74, 6) is 1.17. The zero-order chi connectivity index (χ0) is 19.0. The predicted octanol–water partition coefficient (Wildman–Crippen LogP) is 4.13. The Morgan fingerprint density at radius 3 is 2.70 bits per heavy atom. The second kappa shape index (κ2) is 8.02. The van der Waals surface area contributed by atoms with Crippen LogP contribution in [0.5, 0.6) is 5.88 Å². The van der Waals surface area contributed by atoms with Crippen LogP contribution in [-0.4, -0.2) is 52.3 Å². The van der Waals surface area contributed by atoms with Gasteiger partial charge in [0.1, 0.15) is 17.3 Å². The van der Waals surface area contributed by atoms with E-state index in [1.807, 2.05) is 6.92 Å². The van der Waals surface area contributed by atoms with Crippen LogP contribution in [0.4, 0.5) is 0 Å². The van der Waals surface area contributed by atoms with Gasteiger partial charge < -0.3 is 14.7 Å². The summed E-state index contributed by atoms with van der Waals surface area (Å²) < 4.78 is 6.43. The van der Waals surface area contributed by atoms with Crippen LogP contribution in [0.15, 0.2) is 6.33 Å². The van der Waals surface area contributed by atoms with Gasteiger partial charge in [0.25, 0.3) is 0 Å². The number of fused-ring (bicyclic) bond motifs is 3. The smallest absolute Gasteiger partial charge is 0.225 e. The predicted molar refractivity (Wildman–Crippen MR) is 110 cm³/mol. The molecule has 1 fully saturated rings. The minimum atomic E-state index is -0.230. The maximum absolute atomic E-state index is 10.2. The molecule has 0 spiro atoms. The zero-order valence-corrected chi connectivity index (χ0v) is 17.5. The average molecular weight is 390 g/mol. The van der Waals surface area contributed by atoms with Gasteiger partial charge >= 0.3 is 0 Å². The summed E-state index contributed by atoms with van der Waals surface area (Å²) in [7, 11) is 4.33. The molecule has 1 N–H and O–H groups in total. The zero-order valence-electron chi connectivity index (χ0n) is 16.6. The topological polar surface area (TPSA) is 58.5 Å². The number of aliphatic hydroxyl groups excluding tert-OH is 1. The first-order chi connectivity index (χ1) is 13.1. The number of hydrogen-bond donors (Lipinski definition) is 1. The monoisotopic (exact) mass is 389 g/mol. The number of hydrogen-bond acceptors (Lipinski definition) is 6. The lowest BCUT2D eigenvalue weighted by molar-refractivity contribution is 0.108. The van der Waals surface area contributed by atoms with Gasteiger partial charge in [0.05, 0.1) is 11.5 Å². The van der Waals surface area contributed by atoms with E-state index < -0.39 is 0 Å². The maximum Gasteiger partial charge on any atom is 0.225 e. The summed E-state index contributed by atoms with van der Waals surface area (Å²) in [6.07, 6.45) is 10.0. The van der Waals surface area contributed by atoms with Gasteiger partial charge in [0.2, 0.25) is 5.88 Å². The molecule has 2 heterocycles. The first kappa shape index (κ1) is 19.1. The van der Waals surface area contributed by atoms with Crippen molar-refractivity contribution in [1.82, 2.24) is 14.9 Å². The van der Waals surface area contributed by atoms with Crippen molar-refractivity contribution in [2.75, 3.05) is 14.1 Å². The third kappa shape index (κ3) is 3.84. The van der Waals surface area contributed by atoms with E-state index in [1.54, 1.807) is 17.7 Å². The van der Waals surface area contributed by atoms with Crippen molar-refractivity contribution in [3.05, 3.63) is 16.8 Å². The van der Waals surface area contributed by atoms with Crippen molar-refractivity contribution in [1.29, 1.82) is 0 Å². The molecule has 0 bridgehead atoms. The number of aryl methyl sites for hydroxylation is 1. The molecule has 0 aromatic carbocycles. The van der Waals surface area contributed by atoms with Crippen LogP contribution >= 0.6 is 11.3 Å². The summed E-state index contributed by atoms with van der Waals surface area (Å²) in [5, 5.41) is 11.3. The summed E-state index contributed by atoms with van der Waals surface area (Å²) in [6.45, 7) is 2.05. The lowest BCUT2D eigenvalue weighted by Crippen LogP contribution is -2.35. The third-order valence-electron chi connectivity index (χ3n) is 6.38. The van der Waals surface area contributed by atoms with E-state index in [-0.39, 0.29) is 12.2 Å². The van der Waals surface area contributed by atoms with Gasteiger partial charge in [-0.2, -0.15) is 0 Å². The van der Waals surface area contributed by atoms with E-state index in [2.05, 4.69) is 29.0 Å². The Balaban J connectivity index is 1.57. The van der Waals surface area contributed by atoms with Crippen LogP contribution in [0.2, 0.25) is 0 Å². The first-order valence-corrected chi connectivity index (χ1v) is 11.2. The Hall–Kier alpha value is -1.24. The van der Waals surface area contributed by atoms with E-state index in [1.165, 1.54) is 23.3 Å². The summed E-state index contributed by atoms with van der Waals surface area (Å²) >= 11 is 1.79. The Kier molecular flexibility index (Phi) is 5.67. The van der Waals surface area contributed by atoms with Gasteiger partial charge in [-0.1, -0.05) is 6.92 Å². The molecule has 0 saturated heterocycles. The SMILES string of the molecule is CCC(O)C[C@H]1CCc2sc3ncnc(OC4CCC(N(C)C)CC4)c3c21. The second-order valence-corrected chi connectivity index (χ2v) is 9.43. The fraction of sp³-hybridized carbons (Fsp3) is 0.714. The lowest BCUT2D eigenvalue weighted by atomic mass is 9.92. The number of ether oxygens (including phenoxy) is 1. The van der Waals surface area contributed by atoms with Crippen LogP contribution in [0.25, 0.3) is 10.2 Å². The van der Waals surface area contributed by atoms with Crippen molar-refractivity contribution in [3.8, 4) is 5.88 Å². The summed E-state index contributed by atoms with van der Waals surface area (Å²) in [5.41, 5.74) is 1.36. The standard InChI is InChI=1S/C21H31N3O2S/c1-4-15(25)11-13-5-10-17-18(13)19-20(22-12-23-21(19)27-17)26-16-8-6-14(7-9-16)24(2)3/h12-16,25H,4-11H2,1-3H3/t13-,14?,15?,16?/m1/s1. The first-order valence-electron chi connectivity index (χ1n) is 10.3. The molecule has 1 saturated carbocycles. The molecular weight excluding hydrogens is 358 g/mol. The van der Waals surface area contributed by atoms with Crippen LogP contribution in [0, 0.1) is 0 Å². The average Bonchev–Trinajstić information content (AvgIpc) is 3.22. The van der Waals surface area contributed by atoms with E-state index >= 15 is 0 Å². The molecule has 2 aliphatic carbocycles. The Bertz CT molecular complexity index is 783. The molecule has 0 amide bonds. The molecule has 2 atom stereocenters. The van der Waals surface area contributed by atoms with Gasteiger partial charge in [-0.3, -0.25) is 0 Å². The Morgan fingerprint density at radius 1 is 1.22 bits per heavy atom. The fourth-order valence-electron chi connectivity index (χ4n) is 4.70. The largest absolute Gasteiger partial charge is 0.474 e. The number of aliphatic hydroxyl groups is 1. The molecule has 0 aliphatic heterocycles. The van der Waals surface area contributed by atoms with Crippen molar-refractivity contribution in [2.45, 2.75) is 82.5 Å². The van der Waals surface area contributed by atoms with Crippen LogP contribution < -0.4 is 4.74 Å². The van der Waals surface area contributed by atoms with E-state index in [0.29, 0.717) is 12.0 Å². The molecule has 2 aliphatic rings. The van der Waals surface area contributed by atoms with Crippen LogP contribution in [0.1, 0.15) is 68.2 Å². The van der Waals surface area contributed by atoms with E-state index in [4.69, 9.17) is 4.74 Å². The highest BCUT2D eigenvalue weighted by Gasteiger charge is 2.32. The Morgan fingerprint density at radius 2 is 2.00 bits per heavy atom. The van der Waals surface area contributed by atoms with E-state index in [9.17, 15) is 5.11 Å². The highest BCUT2D eigenvalue weighted by atomic mass is 32.1. The van der Waals surface area contributed by atoms with Gasteiger partial charge in [-0.05, 0) is 76.9 Å². The van der Waals surface area contributed by atoms with Crippen LogP contribution in [0.3, 0.4) is 0 Å². The summed E-state index contributed by atoms with van der Waals surface area (Å²) in [6, 6.07) is 0.667. The molecule has 4 rings (SSSR count). The number of nitrogens with zero attached hydrogens (tertiary/aromatic N) is 3. The maximum atomic E-state index is 10.2. The van der Waals surface area contributed by atoms with E-state index in [0.717, 1.165) is 54.6 Å². The second-order valence-electron chi connectivity index (χ2n) is 8.34. The van der Waals surface area contributed by atoms with Crippen molar-refractivity contribution < 1.29 is 9.84 Å². The minimum absolute atomic E-state index is 0.230. The summed E-state index contributed by atoms with van der Waals surface area (Å²) in [4.78, 5) is 13.9. The molecule has 5 nitrogen and oxygen atoms in total. The van der Waals surface area contributed by atoms with Gasteiger partial charge in [0.15, 0.2) is 0 Å². The lowest BCUT2D eigenvalue weighted by Gasteiger charge is -2.32. The van der Waals surface area contributed by atoms with Gasteiger partial charge in [-0.25, -0.2) is 9.97 Å². The molecule has 27 heavy (non-hydrogen) atoms. The number of aromatic nitrogens is 2. The quantitative estimate of drug-likeness (QED) is 0.805. The van der Waals surface area contributed by atoms with Gasteiger partial charge in [0, 0.05) is 10.9 Å². The number of rotatable bonds is 6. The normalized spacial score (nSPS) is 26.5. The third-order valence-corrected chi connectivity index (χ3v) is 7.55. The molecule has 1 unspecified atom stereocenters. The van der Waals surface area contributed by atoms with Crippen LogP contribution in [-0.2, 0) is 6.42 Å². The molecule has 2 aromatic rings. The molecule has 2 aromatic heterocycles. The van der Waals surface area contributed by atoms with Crippen molar-refractivity contribution >= 4 is 21.6 Å². The fourth-order valence-corrected chi connectivity index (χ4v) is 5.93. The van der Waals surface area contributed by atoms with Crippen molar-refractivity contribution in [3.63, 3.8) is 0 Å². The molecule has 0 radical (unpaired) electrons. The molecule has 148 valence electrons. The minimum Gasteiger partial charge on any atom is -0.474 e.